The number of hydrogen-bond acceptors (Lipinski definition) is 6. The SMILES string of the molecule is O=C([O-])CC[C@H](NO)C(=O)[O-].[Na+].[Na+]. The molecule has 2 N–H and O–H groups in total. The van der Waals surface area contributed by atoms with Crippen molar-refractivity contribution in [3.63, 3.8) is 0 Å². The zero-order valence-electron chi connectivity index (χ0n) is 7.57. The summed E-state index contributed by atoms with van der Waals surface area (Å²) in [5.41, 5.74) is 1.40. The number of carbonyl (C=O) groups excluding carboxylic acids is 2. The first-order valence-electron chi connectivity index (χ1n) is 2.88. The van der Waals surface area contributed by atoms with Gasteiger partial charge in [0.2, 0.25) is 0 Å². The van der Waals surface area contributed by atoms with E-state index in [4.69, 9.17) is 5.21 Å². The Morgan fingerprint density at radius 3 is 2.00 bits per heavy atom. The molecule has 0 aromatic carbocycles. The van der Waals surface area contributed by atoms with Gasteiger partial charge in [-0.05, 0) is 12.8 Å². The van der Waals surface area contributed by atoms with Crippen LogP contribution in [0.1, 0.15) is 12.8 Å². The Kier molecular flexibility index (Phi) is 16.4. The third kappa shape index (κ3) is 10.8. The van der Waals surface area contributed by atoms with E-state index in [1.165, 1.54) is 5.48 Å². The average molecular weight is 207 g/mol. The molecule has 0 bridgehead atoms. The van der Waals surface area contributed by atoms with E-state index >= 15 is 0 Å². The summed E-state index contributed by atoms with van der Waals surface area (Å²) >= 11 is 0. The maximum Gasteiger partial charge on any atom is 1.00 e. The molecule has 0 aliphatic heterocycles. The molecule has 8 heteroatoms. The van der Waals surface area contributed by atoms with Gasteiger partial charge in [0.25, 0.3) is 0 Å². The fraction of sp³-hybridized carbons (Fsp3) is 0.600. The Morgan fingerprint density at radius 1 is 1.31 bits per heavy atom. The predicted molar refractivity (Wildman–Crippen MR) is 28.0 cm³/mol. The number of hydrogen-bond donors (Lipinski definition) is 2. The van der Waals surface area contributed by atoms with Crippen molar-refractivity contribution in [3.8, 4) is 0 Å². The van der Waals surface area contributed by atoms with Crippen molar-refractivity contribution in [1.82, 2.24) is 5.48 Å². The van der Waals surface area contributed by atoms with Crippen LogP contribution in [0.5, 0.6) is 0 Å². The molecule has 0 saturated heterocycles. The van der Waals surface area contributed by atoms with Gasteiger partial charge in [-0.2, -0.15) is 5.48 Å². The van der Waals surface area contributed by atoms with Crippen molar-refractivity contribution in [2.24, 2.45) is 0 Å². The van der Waals surface area contributed by atoms with Crippen LogP contribution in [-0.4, -0.2) is 23.2 Å². The fourth-order valence-electron chi connectivity index (χ4n) is 0.497. The van der Waals surface area contributed by atoms with Crippen LogP contribution >= 0.6 is 0 Å². The molecule has 0 heterocycles. The van der Waals surface area contributed by atoms with Crippen molar-refractivity contribution in [2.75, 3.05) is 0 Å². The van der Waals surface area contributed by atoms with Crippen molar-refractivity contribution in [2.45, 2.75) is 18.9 Å². The molecular formula is C5H7NNa2O5. The van der Waals surface area contributed by atoms with Crippen molar-refractivity contribution >= 4 is 11.9 Å². The third-order valence-corrected chi connectivity index (χ3v) is 1.08. The number of carboxylic acids is 2. The van der Waals surface area contributed by atoms with Crippen molar-refractivity contribution in [1.29, 1.82) is 0 Å². The molecule has 0 aliphatic rings. The summed E-state index contributed by atoms with van der Waals surface area (Å²) in [4.78, 5) is 19.8. The molecule has 1 atom stereocenters. The minimum atomic E-state index is -1.55. The first-order chi connectivity index (χ1) is 5.07. The van der Waals surface area contributed by atoms with E-state index in [0.717, 1.165) is 0 Å². The van der Waals surface area contributed by atoms with E-state index in [9.17, 15) is 19.8 Å². The summed E-state index contributed by atoms with van der Waals surface area (Å²) < 4.78 is 0. The zero-order chi connectivity index (χ0) is 8.85. The largest absolute Gasteiger partial charge is 1.00 e. The van der Waals surface area contributed by atoms with Gasteiger partial charge in [0.05, 0.1) is 12.0 Å². The summed E-state index contributed by atoms with van der Waals surface area (Å²) in [5, 5.41) is 27.9. The minimum Gasteiger partial charge on any atom is -0.550 e. The van der Waals surface area contributed by atoms with Gasteiger partial charge >= 0.3 is 59.1 Å². The summed E-state index contributed by atoms with van der Waals surface area (Å²) in [5.74, 6) is -2.92. The Labute approximate surface area is 119 Å². The molecule has 0 aromatic heterocycles. The molecule has 0 aromatic rings. The van der Waals surface area contributed by atoms with E-state index in [-0.39, 0.29) is 65.5 Å². The van der Waals surface area contributed by atoms with Crippen LogP contribution in [0.2, 0.25) is 0 Å². The summed E-state index contributed by atoms with van der Waals surface area (Å²) in [6.45, 7) is 0. The van der Waals surface area contributed by atoms with Crippen molar-refractivity contribution < 1.29 is 84.1 Å². The molecule has 0 aliphatic carbocycles. The van der Waals surface area contributed by atoms with Crippen LogP contribution in [0.25, 0.3) is 0 Å². The van der Waals surface area contributed by atoms with Crippen molar-refractivity contribution in [3.05, 3.63) is 0 Å². The summed E-state index contributed by atoms with van der Waals surface area (Å²) in [6.07, 6.45) is -0.701. The minimum absolute atomic E-state index is 0. The van der Waals surface area contributed by atoms with Crippen LogP contribution < -0.4 is 74.8 Å². The normalized spacial score (nSPS) is 10.5. The van der Waals surface area contributed by atoms with Gasteiger partial charge in [0.1, 0.15) is 0 Å². The monoisotopic (exact) mass is 207 g/mol. The Bertz CT molecular complexity index is 165. The number of nitrogens with one attached hydrogen (secondary N) is 1. The van der Waals surface area contributed by atoms with Gasteiger partial charge in [-0.3, -0.25) is 0 Å². The Hall–Kier alpha value is 0.860. The Balaban J connectivity index is -0.000000500. The smallest absolute Gasteiger partial charge is 0.550 e. The van der Waals surface area contributed by atoms with Crippen LogP contribution in [0.4, 0.5) is 0 Å². The number of carboxylic acid groups (broad SMARTS) is 2. The van der Waals surface area contributed by atoms with Gasteiger partial charge in [0.15, 0.2) is 0 Å². The van der Waals surface area contributed by atoms with E-state index in [1.807, 2.05) is 0 Å². The number of rotatable bonds is 5. The van der Waals surface area contributed by atoms with Crippen LogP contribution in [0, 0.1) is 0 Å². The molecule has 0 radical (unpaired) electrons. The first-order valence-corrected chi connectivity index (χ1v) is 2.88. The van der Waals surface area contributed by atoms with Gasteiger partial charge in [-0.25, -0.2) is 0 Å². The first kappa shape index (κ1) is 19.4. The average Bonchev–Trinajstić information content (AvgIpc) is 1.87. The van der Waals surface area contributed by atoms with Crippen LogP contribution in [-0.2, 0) is 9.59 Å². The van der Waals surface area contributed by atoms with Gasteiger partial charge in [-0.1, -0.05) is 0 Å². The molecular weight excluding hydrogens is 200 g/mol. The van der Waals surface area contributed by atoms with Crippen LogP contribution in [0.3, 0.4) is 0 Å². The molecule has 0 fully saturated rings. The molecule has 0 rings (SSSR count). The molecule has 6 nitrogen and oxygen atoms in total. The zero-order valence-corrected chi connectivity index (χ0v) is 11.6. The molecule has 0 unspecified atom stereocenters. The standard InChI is InChI=1S/C5H9NO5.2Na/c7-4(8)2-1-3(6-11)5(9)10;;/h3,6,11H,1-2H2,(H,7,8)(H,9,10);;/q;2*+1/p-2/t3-;;/m0../s1. The summed E-state index contributed by atoms with van der Waals surface area (Å²) in [7, 11) is 0. The maximum atomic E-state index is 10.00. The number of aliphatic carboxylic acids is 2. The molecule has 13 heavy (non-hydrogen) atoms. The second-order valence-corrected chi connectivity index (χ2v) is 1.91. The summed E-state index contributed by atoms with van der Waals surface area (Å²) in [6, 6.07) is -1.35. The Morgan fingerprint density at radius 2 is 1.77 bits per heavy atom. The maximum absolute atomic E-state index is 10.00. The van der Waals surface area contributed by atoms with Gasteiger partial charge < -0.3 is 25.0 Å². The number of carbonyl (C=O) groups is 2. The predicted octanol–water partition coefficient (Wildman–Crippen LogP) is -9.38. The van der Waals surface area contributed by atoms with Gasteiger partial charge in [-0.15, -0.1) is 0 Å². The topological polar surface area (TPSA) is 113 Å². The van der Waals surface area contributed by atoms with E-state index < -0.39 is 24.4 Å². The van der Waals surface area contributed by atoms with Crippen LogP contribution in [0.15, 0.2) is 0 Å². The van der Waals surface area contributed by atoms with Gasteiger partial charge in [0, 0.05) is 5.97 Å². The number of hydroxylamine groups is 1. The molecule has 0 amide bonds. The molecule has 0 spiro atoms. The molecule has 0 saturated carbocycles. The van der Waals surface area contributed by atoms with E-state index in [2.05, 4.69) is 0 Å². The molecule has 64 valence electrons. The fourth-order valence-corrected chi connectivity index (χ4v) is 0.497. The quantitative estimate of drug-likeness (QED) is 0.342. The van der Waals surface area contributed by atoms with E-state index in [0.29, 0.717) is 0 Å². The third-order valence-electron chi connectivity index (χ3n) is 1.08. The second kappa shape index (κ2) is 10.9. The van der Waals surface area contributed by atoms with E-state index in [1.54, 1.807) is 0 Å². The second-order valence-electron chi connectivity index (χ2n) is 1.91.